The molecule has 0 aliphatic carbocycles. The quantitative estimate of drug-likeness (QED) is 0.229. The Morgan fingerprint density at radius 1 is 0.932 bits per heavy atom. The maximum Gasteiger partial charge on any atom is 0.408 e. The first-order valence-electron chi connectivity index (χ1n) is 14.7. The van der Waals surface area contributed by atoms with E-state index in [4.69, 9.17) is 14.5 Å². The van der Waals surface area contributed by atoms with Crippen molar-refractivity contribution in [2.75, 3.05) is 20.2 Å². The fourth-order valence-corrected chi connectivity index (χ4v) is 4.46. The maximum atomic E-state index is 13.3. The highest BCUT2D eigenvalue weighted by Crippen LogP contribution is 2.25. The number of hydrogen-bond acceptors (Lipinski definition) is 7. The van der Waals surface area contributed by atoms with E-state index in [0.29, 0.717) is 17.9 Å². The van der Waals surface area contributed by atoms with Crippen molar-refractivity contribution in [3.63, 3.8) is 0 Å². The van der Waals surface area contributed by atoms with Gasteiger partial charge in [-0.2, -0.15) is 0 Å². The number of nitrogens with one attached hydrogen (secondary N) is 3. The number of Topliss-reactive ketones (excluding diaryl/α,β-unsaturated/α-hetero) is 1. The number of amides is 3. The van der Waals surface area contributed by atoms with Gasteiger partial charge in [0.05, 0.1) is 25.9 Å². The molecule has 236 valence electrons. The summed E-state index contributed by atoms with van der Waals surface area (Å²) >= 11 is 0. The van der Waals surface area contributed by atoms with Crippen LogP contribution in [0.25, 0.3) is 22.4 Å². The molecule has 11 nitrogen and oxygen atoms in total. The van der Waals surface area contributed by atoms with Gasteiger partial charge in [-0.1, -0.05) is 69.3 Å². The zero-order valence-corrected chi connectivity index (χ0v) is 26.5. The molecule has 0 unspecified atom stereocenters. The summed E-state index contributed by atoms with van der Waals surface area (Å²) in [7, 11) is 1.27. The molecule has 0 saturated heterocycles. The highest BCUT2D eigenvalue weighted by atomic mass is 16.6. The Bertz CT molecular complexity index is 1420. The standard InChI is InChI=1S/C33H43N5O6/c1-8-17-38(30(40)29(21(2)3)37-32(42)43-7)20-28-34-18-26(36-28)24-13-9-22(10-14-24)23-11-15-25(16-12-23)27(39)19-35-31(41)44-33(4,5)6/h9-16,18,21,29H,8,17,19-20H2,1-7H3,(H,34,36)(H,35,41)(H,37,42)/t29-/m0/s1. The molecular formula is C33H43N5O6. The molecule has 0 spiro atoms. The van der Waals surface area contributed by atoms with Gasteiger partial charge < -0.3 is 30.0 Å². The molecule has 3 aromatic rings. The van der Waals surface area contributed by atoms with Gasteiger partial charge in [-0.25, -0.2) is 14.6 Å². The van der Waals surface area contributed by atoms with Crippen molar-refractivity contribution in [1.29, 1.82) is 0 Å². The SMILES string of the molecule is CCCN(Cc1nc(-c2ccc(-c3ccc(C(=O)CNC(=O)OC(C)(C)C)cc3)cc2)c[nH]1)C(=O)[C@@H](NC(=O)OC)C(C)C. The topological polar surface area (TPSA) is 143 Å². The van der Waals surface area contributed by atoms with E-state index in [1.165, 1.54) is 7.11 Å². The van der Waals surface area contributed by atoms with Crippen molar-refractivity contribution in [2.45, 2.75) is 66.2 Å². The van der Waals surface area contributed by atoms with Gasteiger partial charge in [0.25, 0.3) is 0 Å². The smallest absolute Gasteiger partial charge is 0.408 e. The summed E-state index contributed by atoms with van der Waals surface area (Å²) in [6.07, 6.45) is 1.28. The van der Waals surface area contributed by atoms with Crippen molar-refractivity contribution in [2.24, 2.45) is 5.92 Å². The lowest BCUT2D eigenvalue weighted by Gasteiger charge is -2.28. The average Bonchev–Trinajstić information content (AvgIpc) is 3.45. The number of H-pyrrole nitrogens is 1. The number of ether oxygens (including phenoxy) is 2. The Balaban J connectivity index is 1.65. The molecule has 1 atom stereocenters. The number of methoxy groups -OCH3 is 1. The second-order valence-electron chi connectivity index (χ2n) is 11.8. The van der Waals surface area contributed by atoms with Gasteiger partial charge in [0, 0.05) is 23.9 Å². The zero-order chi connectivity index (χ0) is 32.4. The summed E-state index contributed by atoms with van der Waals surface area (Å²) in [6.45, 7) is 11.6. The number of hydrogen-bond donors (Lipinski definition) is 3. The van der Waals surface area contributed by atoms with Crippen molar-refractivity contribution in [1.82, 2.24) is 25.5 Å². The molecule has 3 N–H and O–H groups in total. The number of benzene rings is 2. The van der Waals surface area contributed by atoms with Crippen molar-refractivity contribution < 1.29 is 28.7 Å². The third-order valence-corrected chi connectivity index (χ3v) is 6.68. The molecule has 0 fully saturated rings. The third kappa shape index (κ3) is 9.68. The minimum absolute atomic E-state index is 0.121. The Labute approximate surface area is 258 Å². The Morgan fingerprint density at radius 2 is 1.52 bits per heavy atom. The zero-order valence-electron chi connectivity index (χ0n) is 26.5. The van der Waals surface area contributed by atoms with Crippen LogP contribution >= 0.6 is 0 Å². The van der Waals surface area contributed by atoms with Crippen LogP contribution in [0.5, 0.6) is 0 Å². The van der Waals surface area contributed by atoms with E-state index >= 15 is 0 Å². The lowest BCUT2D eigenvalue weighted by atomic mass is 10.0. The number of imidazole rings is 1. The van der Waals surface area contributed by atoms with Crippen molar-refractivity contribution >= 4 is 23.9 Å². The van der Waals surface area contributed by atoms with E-state index in [9.17, 15) is 19.2 Å². The first-order valence-corrected chi connectivity index (χ1v) is 14.7. The largest absolute Gasteiger partial charge is 0.453 e. The molecule has 2 aromatic carbocycles. The number of aromatic nitrogens is 2. The van der Waals surface area contributed by atoms with Crippen LogP contribution in [0.1, 0.15) is 64.1 Å². The second-order valence-corrected chi connectivity index (χ2v) is 11.8. The second kappa shape index (κ2) is 15.2. The Morgan fingerprint density at radius 3 is 2.07 bits per heavy atom. The van der Waals surface area contributed by atoms with Gasteiger partial charge in [0.2, 0.25) is 5.91 Å². The number of ketones is 1. The predicted octanol–water partition coefficient (Wildman–Crippen LogP) is 5.57. The van der Waals surface area contributed by atoms with Gasteiger partial charge in [-0.3, -0.25) is 9.59 Å². The van der Waals surface area contributed by atoms with Gasteiger partial charge in [0.1, 0.15) is 17.5 Å². The van der Waals surface area contributed by atoms with Gasteiger partial charge in [-0.05, 0) is 44.2 Å². The Hall–Kier alpha value is -4.67. The van der Waals surface area contributed by atoms with Crippen LogP contribution in [0.2, 0.25) is 0 Å². The van der Waals surface area contributed by atoms with Gasteiger partial charge in [0.15, 0.2) is 5.78 Å². The number of nitrogens with zero attached hydrogens (tertiary/aromatic N) is 2. The summed E-state index contributed by atoms with van der Waals surface area (Å²) in [4.78, 5) is 59.0. The lowest BCUT2D eigenvalue weighted by Crippen LogP contribution is -2.51. The van der Waals surface area contributed by atoms with Crippen LogP contribution in [0.3, 0.4) is 0 Å². The first-order chi connectivity index (χ1) is 20.8. The normalized spacial score (nSPS) is 11.9. The number of carbonyl (C=O) groups is 4. The van der Waals surface area contributed by atoms with Crippen LogP contribution in [0.15, 0.2) is 54.7 Å². The minimum Gasteiger partial charge on any atom is -0.453 e. The molecule has 0 radical (unpaired) electrons. The molecule has 0 bridgehead atoms. The molecule has 44 heavy (non-hydrogen) atoms. The fraction of sp³-hybridized carbons (Fsp3) is 0.424. The minimum atomic E-state index is -0.711. The van der Waals surface area contributed by atoms with E-state index in [1.54, 1.807) is 44.0 Å². The number of carbonyl (C=O) groups excluding carboxylic acids is 4. The fourth-order valence-electron chi connectivity index (χ4n) is 4.46. The molecule has 11 heteroatoms. The van der Waals surface area contributed by atoms with Crippen molar-refractivity contribution in [3.8, 4) is 22.4 Å². The molecule has 0 aliphatic rings. The summed E-state index contributed by atoms with van der Waals surface area (Å²) in [5, 5.41) is 5.13. The first kappa shape index (κ1) is 33.8. The predicted molar refractivity (Wildman–Crippen MR) is 168 cm³/mol. The lowest BCUT2D eigenvalue weighted by molar-refractivity contribution is -0.135. The van der Waals surface area contributed by atoms with E-state index in [0.717, 1.165) is 28.8 Å². The van der Waals surface area contributed by atoms with E-state index in [2.05, 4.69) is 15.6 Å². The van der Waals surface area contributed by atoms with Crippen LogP contribution < -0.4 is 10.6 Å². The summed E-state index contributed by atoms with van der Waals surface area (Å²) < 4.78 is 9.87. The molecule has 0 saturated carbocycles. The molecule has 1 heterocycles. The highest BCUT2D eigenvalue weighted by Gasteiger charge is 2.29. The third-order valence-electron chi connectivity index (χ3n) is 6.68. The monoisotopic (exact) mass is 605 g/mol. The van der Waals surface area contributed by atoms with E-state index < -0.39 is 23.8 Å². The summed E-state index contributed by atoms with van der Waals surface area (Å²) in [6, 6.07) is 14.4. The summed E-state index contributed by atoms with van der Waals surface area (Å²) in [5.74, 6) is 0.102. The van der Waals surface area contributed by atoms with E-state index in [-0.39, 0.29) is 30.7 Å². The molecule has 1 aromatic heterocycles. The van der Waals surface area contributed by atoms with Gasteiger partial charge >= 0.3 is 12.2 Å². The Kier molecular flexibility index (Phi) is 11.7. The van der Waals surface area contributed by atoms with Crippen LogP contribution in [0, 0.1) is 5.92 Å². The van der Waals surface area contributed by atoms with Gasteiger partial charge in [-0.15, -0.1) is 0 Å². The maximum absolute atomic E-state index is 13.3. The van der Waals surface area contributed by atoms with E-state index in [1.807, 2.05) is 57.2 Å². The molecule has 0 aliphatic heterocycles. The summed E-state index contributed by atoms with van der Waals surface area (Å²) in [5.41, 5.74) is 3.39. The van der Waals surface area contributed by atoms with Crippen LogP contribution in [0.4, 0.5) is 9.59 Å². The molecular weight excluding hydrogens is 562 g/mol. The average molecular weight is 606 g/mol. The number of aromatic amines is 1. The molecule has 3 amide bonds. The van der Waals surface area contributed by atoms with Crippen molar-refractivity contribution in [3.05, 3.63) is 66.1 Å². The highest BCUT2D eigenvalue weighted by molar-refractivity contribution is 5.99. The molecule has 3 rings (SSSR count). The number of alkyl carbamates (subject to hydrolysis) is 2. The van der Waals surface area contributed by atoms with Crippen LogP contribution in [-0.4, -0.2) is 70.6 Å². The number of rotatable bonds is 12. The van der Waals surface area contributed by atoms with Crippen LogP contribution in [-0.2, 0) is 20.8 Å².